The van der Waals surface area contributed by atoms with Gasteiger partial charge in [0.1, 0.15) is 12.4 Å². The molecule has 1 saturated heterocycles. The van der Waals surface area contributed by atoms with E-state index in [-0.39, 0.29) is 18.4 Å². The zero-order valence-corrected chi connectivity index (χ0v) is 23.8. The quantitative estimate of drug-likeness (QED) is 0.539. The second kappa shape index (κ2) is 14.4. The van der Waals surface area contributed by atoms with E-state index in [1.807, 2.05) is 52.4 Å². The van der Waals surface area contributed by atoms with Crippen molar-refractivity contribution in [2.75, 3.05) is 82.4 Å². The predicted octanol–water partition coefficient (Wildman–Crippen LogP) is 2.72. The lowest BCUT2D eigenvalue weighted by Crippen LogP contribution is -2.48. The van der Waals surface area contributed by atoms with Crippen LogP contribution in [0.25, 0.3) is 0 Å². The van der Waals surface area contributed by atoms with E-state index in [2.05, 4.69) is 39.6 Å². The molecule has 3 heterocycles. The summed E-state index contributed by atoms with van der Waals surface area (Å²) in [6, 6.07) is 14.4. The van der Waals surface area contributed by atoms with Crippen molar-refractivity contribution in [1.82, 2.24) is 19.7 Å². The van der Waals surface area contributed by atoms with Crippen molar-refractivity contribution in [3.05, 3.63) is 54.2 Å². The number of hydrogen-bond donors (Lipinski definition) is 0. The molecule has 212 valence electrons. The number of aromatic nitrogens is 1. The lowest BCUT2D eigenvalue weighted by Gasteiger charge is -2.35. The number of para-hydroxylation sites is 1. The normalized spacial score (nSPS) is 18.1. The molecule has 2 aliphatic heterocycles. The first-order chi connectivity index (χ1) is 19.0. The number of ether oxygens (including phenoxy) is 1. The van der Waals surface area contributed by atoms with Gasteiger partial charge in [-0.15, -0.1) is 0 Å². The molecule has 9 heteroatoms. The fourth-order valence-electron chi connectivity index (χ4n) is 5.45. The monoisotopic (exact) mass is 536 g/mol. The van der Waals surface area contributed by atoms with E-state index in [0.717, 1.165) is 69.3 Å². The SMILES string of the molecule is COCC(=O)N1CCCN(C(C)C)CCN(C(=O)CCN2CCN(c3ccccn3)CC2)Cc2ccccc21. The molecule has 0 bridgehead atoms. The highest BCUT2D eigenvalue weighted by Crippen LogP contribution is 2.24. The van der Waals surface area contributed by atoms with Crippen LogP contribution >= 0.6 is 0 Å². The maximum atomic E-state index is 13.6. The molecule has 2 amide bonds. The van der Waals surface area contributed by atoms with Gasteiger partial charge in [-0.2, -0.15) is 0 Å². The van der Waals surface area contributed by atoms with E-state index in [4.69, 9.17) is 4.74 Å². The Morgan fingerprint density at radius 1 is 0.897 bits per heavy atom. The number of nitrogens with zero attached hydrogens (tertiary/aromatic N) is 6. The number of pyridine rings is 1. The fourth-order valence-corrected chi connectivity index (χ4v) is 5.45. The number of methoxy groups -OCH3 is 1. The van der Waals surface area contributed by atoms with Crippen LogP contribution < -0.4 is 9.80 Å². The van der Waals surface area contributed by atoms with Gasteiger partial charge in [-0.05, 0) is 44.0 Å². The van der Waals surface area contributed by atoms with Crippen molar-refractivity contribution in [3.8, 4) is 0 Å². The summed E-state index contributed by atoms with van der Waals surface area (Å²) >= 11 is 0. The molecule has 0 spiro atoms. The van der Waals surface area contributed by atoms with Gasteiger partial charge in [0.15, 0.2) is 0 Å². The molecule has 2 aromatic rings. The molecular formula is C30H44N6O3. The number of carbonyl (C=O) groups is 2. The van der Waals surface area contributed by atoms with Gasteiger partial charge in [0.2, 0.25) is 5.91 Å². The summed E-state index contributed by atoms with van der Waals surface area (Å²) in [4.78, 5) is 42.1. The second-order valence-electron chi connectivity index (χ2n) is 10.7. The van der Waals surface area contributed by atoms with Crippen molar-refractivity contribution < 1.29 is 14.3 Å². The summed E-state index contributed by atoms with van der Waals surface area (Å²) in [7, 11) is 1.55. The zero-order chi connectivity index (χ0) is 27.6. The highest BCUT2D eigenvalue weighted by Gasteiger charge is 2.25. The fraction of sp³-hybridized carbons (Fsp3) is 0.567. The van der Waals surface area contributed by atoms with Crippen LogP contribution in [0.4, 0.5) is 11.5 Å². The largest absolute Gasteiger partial charge is 0.375 e. The molecule has 9 nitrogen and oxygen atoms in total. The minimum atomic E-state index is -0.0528. The minimum Gasteiger partial charge on any atom is -0.375 e. The Hall–Kier alpha value is -3.01. The average Bonchev–Trinajstić information content (AvgIpc) is 2.99. The number of rotatable bonds is 7. The van der Waals surface area contributed by atoms with Crippen molar-refractivity contribution in [2.24, 2.45) is 0 Å². The maximum Gasteiger partial charge on any atom is 0.252 e. The molecule has 0 N–H and O–H groups in total. The molecule has 0 radical (unpaired) electrons. The molecule has 1 aromatic heterocycles. The number of carbonyl (C=O) groups excluding carboxylic acids is 2. The summed E-state index contributed by atoms with van der Waals surface area (Å²) < 4.78 is 5.19. The summed E-state index contributed by atoms with van der Waals surface area (Å²) in [5.41, 5.74) is 1.87. The van der Waals surface area contributed by atoms with Crippen LogP contribution in [-0.4, -0.2) is 110 Å². The lowest BCUT2D eigenvalue weighted by molar-refractivity contribution is -0.132. The van der Waals surface area contributed by atoms with Crippen LogP contribution in [0.1, 0.15) is 32.3 Å². The molecule has 0 unspecified atom stereocenters. The molecule has 1 fully saturated rings. The summed E-state index contributed by atoms with van der Waals surface area (Å²) in [6.45, 7) is 12.3. The van der Waals surface area contributed by atoms with Gasteiger partial charge in [0.25, 0.3) is 5.91 Å². The van der Waals surface area contributed by atoms with Crippen molar-refractivity contribution in [1.29, 1.82) is 0 Å². The van der Waals surface area contributed by atoms with E-state index < -0.39 is 0 Å². The number of piperazine rings is 1. The van der Waals surface area contributed by atoms with Gasteiger partial charge in [-0.3, -0.25) is 19.4 Å². The second-order valence-corrected chi connectivity index (χ2v) is 10.7. The molecule has 1 aromatic carbocycles. The maximum absolute atomic E-state index is 13.6. The van der Waals surface area contributed by atoms with Crippen molar-refractivity contribution in [3.63, 3.8) is 0 Å². The Bertz CT molecular complexity index is 1060. The molecule has 0 atom stereocenters. The van der Waals surface area contributed by atoms with Crippen LogP contribution in [0.5, 0.6) is 0 Å². The Labute approximate surface area is 233 Å². The summed E-state index contributed by atoms with van der Waals surface area (Å²) in [5.74, 6) is 1.13. The Morgan fingerprint density at radius 2 is 1.67 bits per heavy atom. The van der Waals surface area contributed by atoms with Gasteiger partial charge in [0.05, 0.1) is 0 Å². The molecule has 0 aliphatic carbocycles. The van der Waals surface area contributed by atoms with Crippen molar-refractivity contribution in [2.45, 2.75) is 39.3 Å². The first-order valence-corrected chi connectivity index (χ1v) is 14.2. The lowest BCUT2D eigenvalue weighted by atomic mass is 10.1. The first-order valence-electron chi connectivity index (χ1n) is 14.2. The molecule has 0 saturated carbocycles. The third-order valence-electron chi connectivity index (χ3n) is 7.77. The standard InChI is InChI=1S/C30H44N6O3/c1-25(2)33-14-8-15-36(30(38)24-39-3)27-10-5-4-9-26(27)23-35(22-21-33)29(37)12-16-32-17-19-34(20-18-32)28-11-6-7-13-31-28/h4-7,9-11,13,25H,8,12,14-24H2,1-3H3. The van der Waals surface area contributed by atoms with Gasteiger partial charge in [0, 0.05) is 96.9 Å². The van der Waals surface area contributed by atoms with Gasteiger partial charge < -0.3 is 19.4 Å². The van der Waals surface area contributed by atoms with E-state index in [9.17, 15) is 9.59 Å². The van der Waals surface area contributed by atoms with Gasteiger partial charge >= 0.3 is 0 Å². The zero-order valence-electron chi connectivity index (χ0n) is 23.8. The number of fused-ring (bicyclic) bond motifs is 1. The van der Waals surface area contributed by atoms with Crippen molar-refractivity contribution >= 4 is 23.3 Å². The Balaban J connectivity index is 1.44. The van der Waals surface area contributed by atoms with E-state index in [0.29, 0.717) is 32.1 Å². The van der Waals surface area contributed by atoms with E-state index in [1.54, 1.807) is 7.11 Å². The minimum absolute atomic E-state index is 0.0402. The Morgan fingerprint density at radius 3 is 2.38 bits per heavy atom. The Kier molecular flexibility index (Phi) is 10.7. The smallest absolute Gasteiger partial charge is 0.252 e. The van der Waals surface area contributed by atoms with Crippen LogP contribution in [0.15, 0.2) is 48.7 Å². The number of benzene rings is 1. The molecular weight excluding hydrogens is 492 g/mol. The highest BCUT2D eigenvalue weighted by atomic mass is 16.5. The number of hydrogen-bond acceptors (Lipinski definition) is 7. The average molecular weight is 537 g/mol. The summed E-state index contributed by atoms with van der Waals surface area (Å²) in [5, 5.41) is 0. The first kappa shape index (κ1) is 29.0. The highest BCUT2D eigenvalue weighted by molar-refractivity contribution is 5.95. The van der Waals surface area contributed by atoms with Gasteiger partial charge in [-0.25, -0.2) is 4.98 Å². The molecule has 2 aliphatic rings. The van der Waals surface area contributed by atoms with Crippen LogP contribution in [0, 0.1) is 0 Å². The third kappa shape index (κ3) is 8.00. The number of amides is 2. The van der Waals surface area contributed by atoms with Crippen LogP contribution in [0.3, 0.4) is 0 Å². The number of anilines is 2. The van der Waals surface area contributed by atoms with E-state index in [1.165, 1.54) is 0 Å². The predicted molar refractivity (Wildman–Crippen MR) is 155 cm³/mol. The van der Waals surface area contributed by atoms with Crippen LogP contribution in [0.2, 0.25) is 0 Å². The molecule has 4 rings (SSSR count). The van der Waals surface area contributed by atoms with Gasteiger partial charge in [-0.1, -0.05) is 24.3 Å². The summed E-state index contributed by atoms with van der Waals surface area (Å²) in [6.07, 6.45) is 3.18. The third-order valence-corrected chi connectivity index (χ3v) is 7.77. The topological polar surface area (TPSA) is 72.5 Å². The van der Waals surface area contributed by atoms with E-state index >= 15 is 0 Å². The molecule has 39 heavy (non-hydrogen) atoms. The van der Waals surface area contributed by atoms with Crippen LogP contribution in [-0.2, 0) is 20.9 Å².